The maximum Gasteiger partial charge on any atom is 0.141 e. The first-order chi connectivity index (χ1) is 8.28. The standard InChI is InChI=1S/C14H12N2S/c1-11-2-4-12(5-3-11)10-17-14-6-7-16-13(8-14)9-15/h2-8H,10H2,1H3. The van der Waals surface area contributed by atoms with Gasteiger partial charge in [0.1, 0.15) is 11.8 Å². The molecule has 1 aromatic heterocycles. The van der Waals surface area contributed by atoms with Crippen molar-refractivity contribution in [3.63, 3.8) is 0 Å². The number of rotatable bonds is 3. The number of nitriles is 1. The van der Waals surface area contributed by atoms with E-state index in [4.69, 9.17) is 5.26 Å². The molecule has 0 aliphatic rings. The average molecular weight is 240 g/mol. The quantitative estimate of drug-likeness (QED) is 0.770. The van der Waals surface area contributed by atoms with Crippen LogP contribution in [-0.4, -0.2) is 4.98 Å². The molecule has 2 aromatic rings. The summed E-state index contributed by atoms with van der Waals surface area (Å²) in [4.78, 5) is 5.03. The Bertz CT molecular complexity index is 541. The topological polar surface area (TPSA) is 36.7 Å². The molecule has 3 heteroatoms. The summed E-state index contributed by atoms with van der Waals surface area (Å²) in [5, 5.41) is 8.76. The van der Waals surface area contributed by atoms with Gasteiger partial charge in [-0.2, -0.15) is 5.26 Å². The number of hydrogen-bond donors (Lipinski definition) is 0. The van der Waals surface area contributed by atoms with Crippen molar-refractivity contribution < 1.29 is 0 Å². The van der Waals surface area contributed by atoms with Crippen molar-refractivity contribution in [2.45, 2.75) is 17.6 Å². The van der Waals surface area contributed by atoms with E-state index >= 15 is 0 Å². The fourth-order valence-corrected chi connectivity index (χ4v) is 2.29. The van der Waals surface area contributed by atoms with Gasteiger partial charge < -0.3 is 0 Å². The Labute approximate surface area is 105 Å². The fraction of sp³-hybridized carbons (Fsp3) is 0.143. The lowest BCUT2D eigenvalue weighted by atomic mass is 10.2. The van der Waals surface area contributed by atoms with Crippen LogP contribution in [0.3, 0.4) is 0 Å². The molecule has 84 valence electrons. The maximum atomic E-state index is 8.76. The van der Waals surface area contributed by atoms with Crippen LogP contribution < -0.4 is 0 Å². The van der Waals surface area contributed by atoms with E-state index in [0.717, 1.165) is 10.6 Å². The molecule has 0 aliphatic heterocycles. The van der Waals surface area contributed by atoms with Crippen LogP contribution in [0.1, 0.15) is 16.8 Å². The molecular weight excluding hydrogens is 228 g/mol. The fourth-order valence-electron chi connectivity index (χ4n) is 1.41. The van der Waals surface area contributed by atoms with Crippen LogP contribution >= 0.6 is 11.8 Å². The summed E-state index contributed by atoms with van der Waals surface area (Å²) in [5.74, 6) is 0.912. The lowest BCUT2D eigenvalue weighted by molar-refractivity contribution is 1.21. The smallest absolute Gasteiger partial charge is 0.141 e. The molecule has 0 atom stereocenters. The highest BCUT2D eigenvalue weighted by Gasteiger charge is 1.98. The number of aromatic nitrogens is 1. The van der Waals surface area contributed by atoms with Crippen LogP contribution in [0.25, 0.3) is 0 Å². The average Bonchev–Trinajstić information content (AvgIpc) is 2.38. The third-order valence-electron chi connectivity index (χ3n) is 2.37. The van der Waals surface area contributed by atoms with Crippen LogP contribution in [0.5, 0.6) is 0 Å². The van der Waals surface area contributed by atoms with E-state index in [9.17, 15) is 0 Å². The zero-order valence-corrected chi connectivity index (χ0v) is 10.4. The Kier molecular flexibility index (Phi) is 3.79. The zero-order valence-electron chi connectivity index (χ0n) is 9.55. The van der Waals surface area contributed by atoms with E-state index in [2.05, 4.69) is 36.2 Å². The van der Waals surface area contributed by atoms with Crippen LogP contribution in [0.4, 0.5) is 0 Å². The lowest BCUT2D eigenvalue weighted by Crippen LogP contribution is -1.84. The number of thioether (sulfide) groups is 1. The summed E-state index contributed by atoms with van der Waals surface area (Å²) in [6.45, 7) is 2.08. The molecule has 0 spiro atoms. The summed E-state index contributed by atoms with van der Waals surface area (Å²) in [6.07, 6.45) is 1.68. The van der Waals surface area contributed by atoms with Gasteiger partial charge in [-0.05, 0) is 24.6 Å². The first-order valence-corrected chi connectivity index (χ1v) is 6.31. The highest BCUT2D eigenvalue weighted by atomic mass is 32.2. The van der Waals surface area contributed by atoms with Gasteiger partial charge in [-0.1, -0.05) is 29.8 Å². The summed E-state index contributed by atoms with van der Waals surface area (Å²) >= 11 is 1.72. The van der Waals surface area contributed by atoms with Crippen molar-refractivity contribution in [1.82, 2.24) is 4.98 Å². The molecule has 1 heterocycles. The molecule has 0 N–H and O–H groups in total. The number of benzene rings is 1. The Balaban J connectivity index is 2.02. The van der Waals surface area contributed by atoms with Gasteiger partial charge in [0.05, 0.1) is 0 Å². The van der Waals surface area contributed by atoms with E-state index < -0.39 is 0 Å². The predicted octanol–water partition coefficient (Wildman–Crippen LogP) is 3.55. The number of nitrogens with zero attached hydrogens (tertiary/aromatic N) is 2. The van der Waals surface area contributed by atoms with Crippen molar-refractivity contribution in [1.29, 1.82) is 5.26 Å². The first-order valence-electron chi connectivity index (χ1n) is 5.32. The molecule has 2 rings (SSSR count). The van der Waals surface area contributed by atoms with Gasteiger partial charge in [0.15, 0.2) is 0 Å². The Morgan fingerprint density at radius 2 is 2.00 bits per heavy atom. The van der Waals surface area contributed by atoms with Gasteiger partial charge in [-0.3, -0.25) is 0 Å². The Hall–Kier alpha value is -1.79. The molecule has 17 heavy (non-hydrogen) atoms. The number of hydrogen-bond acceptors (Lipinski definition) is 3. The van der Waals surface area contributed by atoms with Gasteiger partial charge >= 0.3 is 0 Å². The monoisotopic (exact) mass is 240 g/mol. The van der Waals surface area contributed by atoms with E-state index in [1.54, 1.807) is 18.0 Å². The van der Waals surface area contributed by atoms with Crippen molar-refractivity contribution >= 4 is 11.8 Å². The Morgan fingerprint density at radius 1 is 1.24 bits per heavy atom. The molecule has 0 unspecified atom stereocenters. The minimum atomic E-state index is 0.471. The van der Waals surface area contributed by atoms with Crippen LogP contribution in [0.15, 0.2) is 47.5 Å². The second kappa shape index (κ2) is 5.51. The zero-order chi connectivity index (χ0) is 12.1. The van der Waals surface area contributed by atoms with Gasteiger partial charge in [0.2, 0.25) is 0 Å². The summed E-state index contributed by atoms with van der Waals surface area (Å²) in [5.41, 5.74) is 3.03. The van der Waals surface area contributed by atoms with Crippen LogP contribution in [0.2, 0.25) is 0 Å². The molecule has 0 saturated heterocycles. The minimum Gasteiger partial charge on any atom is -0.245 e. The summed E-state index contributed by atoms with van der Waals surface area (Å²) < 4.78 is 0. The van der Waals surface area contributed by atoms with Gasteiger partial charge in [0.25, 0.3) is 0 Å². The SMILES string of the molecule is Cc1ccc(CSc2ccnc(C#N)c2)cc1. The van der Waals surface area contributed by atoms with E-state index in [-0.39, 0.29) is 0 Å². The molecule has 0 bridgehead atoms. The third kappa shape index (κ3) is 3.33. The number of pyridine rings is 1. The molecule has 2 nitrogen and oxygen atoms in total. The van der Waals surface area contributed by atoms with E-state index in [1.165, 1.54) is 11.1 Å². The molecule has 0 saturated carbocycles. The van der Waals surface area contributed by atoms with Crippen molar-refractivity contribution in [2.75, 3.05) is 0 Å². The third-order valence-corrected chi connectivity index (χ3v) is 3.44. The predicted molar refractivity (Wildman–Crippen MR) is 69.7 cm³/mol. The molecule has 0 amide bonds. The van der Waals surface area contributed by atoms with Crippen molar-refractivity contribution in [3.05, 3.63) is 59.4 Å². The summed E-state index contributed by atoms with van der Waals surface area (Å²) in [6, 6.07) is 14.3. The van der Waals surface area contributed by atoms with Crippen LogP contribution in [0, 0.1) is 18.3 Å². The van der Waals surface area contributed by atoms with Gasteiger partial charge in [-0.25, -0.2) is 4.98 Å². The van der Waals surface area contributed by atoms with Gasteiger partial charge in [-0.15, -0.1) is 11.8 Å². The van der Waals surface area contributed by atoms with Crippen LogP contribution in [-0.2, 0) is 5.75 Å². The summed E-state index contributed by atoms with van der Waals surface area (Å²) in [7, 11) is 0. The first kappa shape index (κ1) is 11.7. The lowest BCUT2D eigenvalue weighted by Gasteiger charge is -2.02. The molecule has 1 aromatic carbocycles. The van der Waals surface area contributed by atoms with Gasteiger partial charge in [0, 0.05) is 16.8 Å². The largest absolute Gasteiger partial charge is 0.245 e. The van der Waals surface area contributed by atoms with E-state index in [0.29, 0.717) is 5.69 Å². The number of aryl methyl sites for hydroxylation is 1. The second-order valence-electron chi connectivity index (χ2n) is 3.76. The molecule has 0 aliphatic carbocycles. The highest BCUT2D eigenvalue weighted by molar-refractivity contribution is 7.98. The molecular formula is C14H12N2S. The highest BCUT2D eigenvalue weighted by Crippen LogP contribution is 2.22. The van der Waals surface area contributed by atoms with Crippen molar-refractivity contribution in [3.8, 4) is 6.07 Å². The maximum absolute atomic E-state index is 8.76. The second-order valence-corrected chi connectivity index (χ2v) is 4.81. The Morgan fingerprint density at radius 3 is 2.71 bits per heavy atom. The normalized spacial score (nSPS) is 9.88. The van der Waals surface area contributed by atoms with Crippen molar-refractivity contribution in [2.24, 2.45) is 0 Å². The molecule has 0 fully saturated rings. The molecule has 0 radical (unpaired) electrons. The minimum absolute atomic E-state index is 0.471. The van der Waals surface area contributed by atoms with E-state index in [1.807, 2.05) is 18.2 Å².